The first-order chi connectivity index (χ1) is 14.5. The fourth-order valence-corrected chi connectivity index (χ4v) is 3.47. The highest BCUT2D eigenvalue weighted by Gasteiger charge is 2.20. The Labute approximate surface area is 184 Å². The van der Waals surface area contributed by atoms with E-state index in [-0.39, 0.29) is 18.2 Å². The summed E-state index contributed by atoms with van der Waals surface area (Å²) in [5.41, 5.74) is 3.60. The quantitative estimate of drug-likeness (QED) is 0.389. The Hall–Kier alpha value is -2.93. The number of hydrogen-bond donors (Lipinski definition) is 1. The normalized spacial score (nSPS) is 10.6. The molecule has 1 aromatic heterocycles. The van der Waals surface area contributed by atoms with Gasteiger partial charge in [0, 0.05) is 12.1 Å². The Morgan fingerprint density at radius 2 is 1.80 bits per heavy atom. The molecule has 0 saturated carbocycles. The molecule has 1 N–H and O–H groups in total. The van der Waals surface area contributed by atoms with Crippen molar-refractivity contribution in [2.45, 2.75) is 26.7 Å². The molecular weight excluding hydrogens is 446 g/mol. The van der Waals surface area contributed by atoms with E-state index in [0.29, 0.717) is 16.6 Å². The molecule has 3 aromatic rings. The zero-order valence-electron chi connectivity index (χ0n) is 17.0. The van der Waals surface area contributed by atoms with Crippen molar-refractivity contribution >= 4 is 27.8 Å². The number of halogens is 1. The van der Waals surface area contributed by atoms with E-state index in [1.807, 2.05) is 25.1 Å². The van der Waals surface area contributed by atoms with Gasteiger partial charge in [0.15, 0.2) is 5.69 Å². The van der Waals surface area contributed by atoms with Crippen molar-refractivity contribution in [3.05, 3.63) is 81.6 Å². The molecule has 6 nitrogen and oxygen atoms in total. The number of carbonyl (C=O) groups excluding carboxylic acids is 2. The van der Waals surface area contributed by atoms with Gasteiger partial charge in [-0.1, -0.05) is 30.3 Å². The van der Waals surface area contributed by atoms with Crippen LogP contribution in [0.15, 0.2) is 59.1 Å². The Morgan fingerprint density at radius 1 is 1.10 bits per heavy atom. The molecule has 7 heteroatoms. The summed E-state index contributed by atoms with van der Waals surface area (Å²) in [5.74, 6) is -0.585. The average molecular weight is 470 g/mol. The molecule has 1 heterocycles. The molecule has 3 rings (SSSR count). The maximum Gasteiger partial charge on any atom is 0.360 e. The molecule has 156 valence electrons. The molecule has 0 bridgehead atoms. The van der Waals surface area contributed by atoms with E-state index in [2.05, 4.69) is 38.5 Å². The Balaban J connectivity index is 1.61. The van der Waals surface area contributed by atoms with Gasteiger partial charge in [0.25, 0.3) is 5.91 Å². The van der Waals surface area contributed by atoms with Crippen LogP contribution >= 0.6 is 15.9 Å². The average Bonchev–Trinajstić information content (AvgIpc) is 3.07. The summed E-state index contributed by atoms with van der Waals surface area (Å²) >= 11 is 3.41. The number of nitrogens with zero attached hydrogens (tertiary/aromatic N) is 2. The predicted octanol–water partition coefficient (Wildman–Crippen LogP) is 4.48. The minimum atomic E-state index is -0.474. The minimum Gasteiger partial charge on any atom is -0.461 e. The lowest BCUT2D eigenvalue weighted by Gasteiger charge is -2.08. The van der Waals surface area contributed by atoms with Gasteiger partial charge in [-0.05, 0) is 72.4 Å². The second-order valence-electron chi connectivity index (χ2n) is 6.77. The van der Waals surface area contributed by atoms with E-state index < -0.39 is 5.97 Å². The molecule has 0 radical (unpaired) electrons. The van der Waals surface area contributed by atoms with Gasteiger partial charge in [0.2, 0.25) is 0 Å². The van der Waals surface area contributed by atoms with Gasteiger partial charge in [0.1, 0.15) is 0 Å². The highest BCUT2D eigenvalue weighted by atomic mass is 79.9. The fourth-order valence-electron chi connectivity index (χ4n) is 3.06. The van der Waals surface area contributed by atoms with E-state index in [1.165, 1.54) is 5.56 Å². The van der Waals surface area contributed by atoms with E-state index in [1.54, 1.807) is 35.9 Å². The van der Waals surface area contributed by atoms with Crippen molar-refractivity contribution in [2.75, 3.05) is 13.2 Å². The summed E-state index contributed by atoms with van der Waals surface area (Å²) in [6, 6.07) is 17.3. The van der Waals surface area contributed by atoms with Crippen LogP contribution in [0.4, 0.5) is 0 Å². The van der Waals surface area contributed by atoms with Crippen LogP contribution in [0.25, 0.3) is 5.69 Å². The summed E-state index contributed by atoms with van der Waals surface area (Å²) < 4.78 is 7.29. The predicted molar refractivity (Wildman–Crippen MR) is 119 cm³/mol. The molecule has 2 aromatic carbocycles. The zero-order chi connectivity index (χ0) is 21.5. The molecule has 0 aliphatic carbocycles. The number of aryl methyl sites for hydroxylation is 1. The molecule has 0 spiro atoms. The van der Waals surface area contributed by atoms with E-state index in [4.69, 9.17) is 4.74 Å². The highest BCUT2D eigenvalue weighted by molar-refractivity contribution is 9.10. The maximum atomic E-state index is 12.4. The Bertz CT molecular complexity index is 1010. The van der Waals surface area contributed by atoms with Gasteiger partial charge in [-0.3, -0.25) is 4.79 Å². The lowest BCUT2D eigenvalue weighted by molar-refractivity contribution is 0.0517. The second kappa shape index (κ2) is 10.2. The molecule has 30 heavy (non-hydrogen) atoms. The van der Waals surface area contributed by atoms with Crippen molar-refractivity contribution in [1.82, 2.24) is 15.1 Å². The van der Waals surface area contributed by atoms with E-state index in [0.717, 1.165) is 24.2 Å². The third kappa shape index (κ3) is 5.16. The number of carbonyl (C=O) groups is 2. The van der Waals surface area contributed by atoms with E-state index in [9.17, 15) is 9.59 Å². The molecule has 1 amide bonds. The minimum absolute atomic E-state index is 0.111. The summed E-state index contributed by atoms with van der Waals surface area (Å²) in [7, 11) is 0. The van der Waals surface area contributed by atoms with Crippen LogP contribution in [0.5, 0.6) is 0 Å². The van der Waals surface area contributed by atoms with Crippen LogP contribution < -0.4 is 5.32 Å². The van der Waals surface area contributed by atoms with Crippen molar-refractivity contribution in [3.8, 4) is 5.69 Å². The second-order valence-corrected chi connectivity index (χ2v) is 7.57. The summed E-state index contributed by atoms with van der Waals surface area (Å²) in [6.07, 6.45) is 1.81. The summed E-state index contributed by atoms with van der Waals surface area (Å²) in [6.45, 7) is 4.50. The Morgan fingerprint density at radius 3 is 2.47 bits per heavy atom. The summed E-state index contributed by atoms with van der Waals surface area (Å²) in [4.78, 5) is 24.4. The monoisotopic (exact) mass is 469 g/mol. The third-order valence-corrected chi connectivity index (χ3v) is 5.61. The van der Waals surface area contributed by atoms with Gasteiger partial charge in [-0.25, -0.2) is 9.48 Å². The van der Waals surface area contributed by atoms with Crippen molar-refractivity contribution in [1.29, 1.82) is 0 Å². The molecular formula is C23H24BrN3O3. The number of benzene rings is 2. The van der Waals surface area contributed by atoms with Crippen LogP contribution in [0.3, 0.4) is 0 Å². The smallest absolute Gasteiger partial charge is 0.360 e. The van der Waals surface area contributed by atoms with Crippen molar-refractivity contribution < 1.29 is 14.3 Å². The first-order valence-corrected chi connectivity index (χ1v) is 10.7. The van der Waals surface area contributed by atoms with E-state index >= 15 is 0 Å². The molecule has 0 aliphatic rings. The molecule has 0 saturated heterocycles. The molecule has 0 atom stereocenters. The first-order valence-electron chi connectivity index (χ1n) is 9.86. The number of esters is 1. The molecule has 0 fully saturated rings. The van der Waals surface area contributed by atoms with Crippen LogP contribution in [-0.2, 0) is 11.2 Å². The van der Waals surface area contributed by atoms with Crippen LogP contribution in [-0.4, -0.2) is 34.8 Å². The number of amides is 1. The maximum absolute atomic E-state index is 12.4. The zero-order valence-corrected chi connectivity index (χ0v) is 18.6. The first kappa shape index (κ1) is 21.8. The SMILES string of the molecule is CCOC(=O)c1nn(-c2ccc(C(=O)NCCCc3ccccc3)cc2)c(C)c1Br. The Kier molecular flexibility index (Phi) is 7.41. The van der Waals surface area contributed by atoms with Crippen LogP contribution in [0.1, 0.15) is 45.4 Å². The lowest BCUT2D eigenvalue weighted by atomic mass is 10.1. The number of rotatable bonds is 8. The molecule has 0 unspecified atom stereocenters. The number of ether oxygens (including phenoxy) is 1. The number of hydrogen-bond acceptors (Lipinski definition) is 4. The van der Waals surface area contributed by atoms with Gasteiger partial charge < -0.3 is 10.1 Å². The highest BCUT2D eigenvalue weighted by Crippen LogP contribution is 2.24. The van der Waals surface area contributed by atoms with Gasteiger partial charge >= 0.3 is 5.97 Å². The van der Waals surface area contributed by atoms with Crippen LogP contribution in [0, 0.1) is 6.92 Å². The van der Waals surface area contributed by atoms with Gasteiger partial charge in [-0.2, -0.15) is 5.10 Å². The largest absolute Gasteiger partial charge is 0.461 e. The topological polar surface area (TPSA) is 73.2 Å². The van der Waals surface area contributed by atoms with Crippen molar-refractivity contribution in [2.24, 2.45) is 0 Å². The van der Waals surface area contributed by atoms with Crippen molar-refractivity contribution in [3.63, 3.8) is 0 Å². The van der Waals surface area contributed by atoms with Gasteiger partial charge in [-0.15, -0.1) is 0 Å². The summed E-state index contributed by atoms with van der Waals surface area (Å²) in [5, 5.41) is 7.31. The van der Waals surface area contributed by atoms with Crippen LogP contribution in [0.2, 0.25) is 0 Å². The number of aromatic nitrogens is 2. The molecule has 0 aliphatic heterocycles. The number of nitrogens with one attached hydrogen (secondary N) is 1. The standard InChI is InChI=1S/C23H24BrN3O3/c1-3-30-23(29)21-20(24)16(2)27(26-21)19-13-11-18(12-14-19)22(28)25-15-7-10-17-8-5-4-6-9-17/h4-6,8-9,11-14H,3,7,10,15H2,1-2H3,(H,25,28). The third-order valence-electron chi connectivity index (χ3n) is 4.66. The van der Waals surface area contributed by atoms with Gasteiger partial charge in [0.05, 0.1) is 22.5 Å². The lowest BCUT2D eigenvalue weighted by Crippen LogP contribution is -2.24. The fraction of sp³-hybridized carbons (Fsp3) is 0.261.